The third kappa shape index (κ3) is 4.10. The molecule has 17 heavy (non-hydrogen) atoms. The van der Waals surface area contributed by atoms with Gasteiger partial charge in [0.25, 0.3) is 0 Å². The Morgan fingerprint density at radius 2 is 2.24 bits per heavy atom. The summed E-state index contributed by atoms with van der Waals surface area (Å²) < 4.78 is 13.5. The molecule has 0 aromatic heterocycles. The van der Waals surface area contributed by atoms with Gasteiger partial charge >= 0.3 is 0 Å². The Morgan fingerprint density at radius 3 is 2.76 bits per heavy atom. The van der Waals surface area contributed by atoms with Crippen molar-refractivity contribution in [3.8, 4) is 0 Å². The minimum Gasteiger partial charge on any atom is -0.330 e. The molecule has 94 valence electrons. The summed E-state index contributed by atoms with van der Waals surface area (Å²) in [7, 11) is 0. The Balaban J connectivity index is 2.68. The van der Waals surface area contributed by atoms with E-state index in [1.165, 1.54) is 12.1 Å². The predicted molar refractivity (Wildman–Crippen MR) is 67.6 cm³/mol. The van der Waals surface area contributed by atoms with Crippen molar-refractivity contribution in [3.63, 3.8) is 0 Å². The van der Waals surface area contributed by atoms with Crippen molar-refractivity contribution in [2.45, 2.75) is 26.2 Å². The van der Waals surface area contributed by atoms with Gasteiger partial charge in [-0.25, -0.2) is 4.39 Å². The Hall–Kier alpha value is -0.930. The summed E-state index contributed by atoms with van der Waals surface area (Å²) in [5.74, 6) is -0.269. The Labute approximate surface area is 106 Å². The maximum atomic E-state index is 13.5. The first-order chi connectivity index (χ1) is 8.08. The number of hydrogen-bond acceptors (Lipinski definition) is 2. The first kappa shape index (κ1) is 14.1. The number of carbonyl (C=O) groups excluding carboxylic acids is 1. The molecule has 4 heteroatoms. The van der Waals surface area contributed by atoms with Crippen LogP contribution >= 0.6 is 11.6 Å². The minimum absolute atomic E-state index is 0.0192. The van der Waals surface area contributed by atoms with Gasteiger partial charge in [0.2, 0.25) is 0 Å². The maximum Gasteiger partial charge on any atom is 0.137 e. The largest absolute Gasteiger partial charge is 0.330 e. The van der Waals surface area contributed by atoms with Crippen LogP contribution in [0.15, 0.2) is 18.2 Å². The number of carbonyl (C=O) groups is 1. The zero-order valence-corrected chi connectivity index (χ0v) is 10.6. The number of ketones is 1. The van der Waals surface area contributed by atoms with Crippen LogP contribution in [0.2, 0.25) is 5.02 Å². The summed E-state index contributed by atoms with van der Waals surface area (Å²) in [6.07, 6.45) is 1.28. The van der Waals surface area contributed by atoms with Crippen molar-refractivity contribution >= 4 is 17.4 Å². The van der Waals surface area contributed by atoms with Crippen LogP contribution in [0.1, 0.15) is 25.3 Å². The molecule has 0 bridgehead atoms. The smallest absolute Gasteiger partial charge is 0.137 e. The molecule has 0 heterocycles. The van der Waals surface area contributed by atoms with Crippen molar-refractivity contribution in [2.75, 3.05) is 6.54 Å². The number of hydrogen-bond donors (Lipinski definition) is 1. The zero-order chi connectivity index (χ0) is 12.8. The third-order valence-electron chi connectivity index (χ3n) is 2.86. The second kappa shape index (κ2) is 6.72. The molecule has 0 aliphatic heterocycles. The topological polar surface area (TPSA) is 43.1 Å². The number of rotatable bonds is 6. The minimum atomic E-state index is -0.424. The van der Waals surface area contributed by atoms with Crippen LogP contribution in [0.3, 0.4) is 0 Å². The molecule has 0 saturated heterocycles. The van der Waals surface area contributed by atoms with Gasteiger partial charge in [0, 0.05) is 23.4 Å². The lowest BCUT2D eigenvalue weighted by atomic mass is 9.96. The number of Topliss-reactive ketones (excluding diaryl/α,β-unsaturated/α-hetero) is 1. The molecular formula is C13H17ClFNO. The molecule has 1 unspecified atom stereocenters. The lowest BCUT2D eigenvalue weighted by Gasteiger charge is -2.11. The van der Waals surface area contributed by atoms with Gasteiger partial charge in [-0.1, -0.05) is 31.0 Å². The quantitative estimate of drug-likeness (QED) is 0.851. The van der Waals surface area contributed by atoms with Gasteiger partial charge in [-0.3, -0.25) is 4.79 Å². The fraction of sp³-hybridized carbons (Fsp3) is 0.462. The number of nitrogens with two attached hydrogens (primary N) is 1. The second-order valence-corrected chi connectivity index (χ2v) is 4.54. The molecule has 0 saturated carbocycles. The fourth-order valence-corrected chi connectivity index (χ4v) is 1.92. The summed E-state index contributed by atoms with van der Waals surface area (Å²) in [6.45, 7) is 2.47. The highest BCUT2D eigenvalue weighted by atomic mass is 35.5. The van der Waals surface area contributed by atoms with Gasteiger partial charge in [-0.15, -0.1) is 0 Å². The van der Waals surface area contributed by atoms with Gasteiger partial charge in [-0.05, 0) is 24.6 Å². The van der Waals surface area contributed by atoms with Crippen LogP contribution in [0.4, 0.5) is 4.39 Å². The van der Waals surface area contributed by atoms with E-state index < -0.39 is 5.82 Å². The van der Waals surface area contributed by atoms with Crippen LogP contribution < -0.4 is 5.73 Å². The lowest BCUT2D eigenvalue weighted by Crippen LogP contribution is -2.18. The highest BCUT2D eigenvalue weighted by Crippen LogP contribution is 2.21. The summed E-state index contributed by atoms with van der Waals surface area (Å²) in [6, 6.07) is 4.43. The molecule has 0 spiro atoms. The van der Waals surface area contributed by atoms with E-state index in [2.05, 4.69) is 0 Å². The van der Waals surface area contributed by atoms with Crippen LogP contribution in [-0.2, 0) is 11.2 Å². The van der Waals surface area contributed by atoms with Gasteiger partial charge in [0.1, 0.15) is 11.6 Å². The summed E-state index contributed by atoms with van der Waals surface area (Å²) in [4.78, 5) is 11.8. The Kier molecular flexibility index (Phi) is 5.59. The van der Waals surface area contributed by atoms with Crippen molar-refractivity contribution < 1.29 is 9.18 Å². The van der Waals surface area contributed by atoms with Gasteiger partial charge in [0.15, 0.2) is 0 Å². The van der Waals surface area contributed by atoms with E-state index >= 15 is 0 Å². The molecule has 1 atom stereocenters. The first-order valence-electron chi connectivity index (χ1n) is 5.73. The lowest BCUT2D eigenvalue weighted by molar-refractivity contribution is -0.119. The summed E-state index contributed by atoms with van der Waals surface area (Å²) >= 11 is 5.86. The van der Waals surface area contributed by atoms with Crippen LogP contribution in [-0.4, -0.2) is 12.3 Å². The number of halogens is 2. The van der Waals surface area contributed by atoms with Gasteiger partial charge in [0.05, 0.1) is 0 Å². The van der Waals surface area contributed by atoms with E-state index in [9.17, 15) is 9.18 Å². The molecule has 1 aromatic carbocycles. The zero-order valence-electron chi connectivity index (χ0n) is 9.88. The maximum absolute atomic E-state index is 13.5. The van der Waals surface area contributed by atoms with E-state index in [-0.39, 0.29) is 23.7 Å². The van der Waals surface area contributed by atoms with Crippen molar-refractivity contribution in [1.82, 2.24) is 0 Å². The highest BCUT2D eigenvalue weighted by molar-refractivity contribution is 6.31. The molecule has 0 amide bonds. The van der Waals surface area contributed by atoms with Crippen molar-refractivity contribution in [3.05, 3.63) is 34.6 Å². The SMILES string of the molecule is CCC(CN)CC(=O)Cc1c(F)cccc1Cl. The highest BCUT2D eigenvalue weighted by Gasteiger charge is 2.15. The molecule has 2 nitrogen and oxygen atoms in total. The van der Waals surface area contributed by atoms with Gasteiger partial charge < -0.3 is 5.73 Å². The third-order valence-corrected chi connectivity index (χ3v) is 3.22. The predicted octanol–water partition coefficient (Wildman–Crippen LogP) is 2.97. The van der Waals surface area contributed by atoms with E-state index in [4.69, 9.17) is 17.3 Å². The van der Waals surface area contributed by atoms with E-state index in [1.54, 1.807) is 6.07 Å². The average Bonchev–Trinajstić information content (AvgIpc) is 2.31. The van der Waals surface area contributed by atoms with Gasteiger partial charge in [-0.2, -0.15) is 0 Å². The molecule has 0 fully saturated rings. The van der Waals surface area contributed by atoms with E-state index in [0.29, 0.717) is 18.0 Å². The molecule has 0 radical (unpaired) electrons. The summed E-state index contributed by atoms with van der Waals surface area (Å²) in [5.41, 5.74) is 5.82. The van der Waals surface area contributed by atoms with Crippen LogP contribution in [0, 0.1) is 11.7 Å². The van der Waals surface area contributed by atoms with Crippen molar-refractivity contribution in [2.24, 2.45) is 11.7 Å². The Bertz CT molecular complexity index is 371. The van der Waals surface area contributed by atoms with Crippen LogP contribution in [0.5, 0.6) is 0 Å². The number of benzene rings is 1. The van der Waals surface area contributed by atoms with Crippen LogP contribution in [0.25, 0.3) is 0 Å². The fourth-order valence-electron chi connectivity index (χ4n) is 1.69. The van der Waals surface area contributed by atoms with Crippen molar-refractivity contribution in [1.29, 1.82) is 0 Å². The molecule has 1 rings (SSSR count). The summed E-state index contributed by atoms with van der Waals surface area (Å²) in [5, 5.41) is 0.305. The average molecular weight is 258 g/mol. The molecule has 0 aliphatic rings. The Morgan fingerprint density at radius 1 is 1.53 bits per heavy atom. The van der Waals surface area contributed by atoms with E-state index in [1.807, 2.05) is 6.92 Å². The first-order valence-corrected chi connectivity index (χ1v) is 6.10. The second-order valence-electron chi connectivity index (χ2n) is 4.13. The molecular weight excluding hydrogens is 241 g/mol. The van der Waals surface area contributed by atoms with E-state index in [0.717, 1.165) is 6.42 Å². The monoisotopic (exact) mass is 257 g/mol. The normalized spacial score (nSPS) is 12.5. The standard InChI is InChI=1S/C13H17ClFNO/c1-2-9(8-16)6-10(17)7-11-12(14)4-3-5-13(11)15/h3-5,9H,2,6-8,16H2,1H3. The molecule has 1 aromatic rings. The molecule has 0 aliphatic carbocycles. The molecule has 2 N–H and O–H groups in total.